The van der Waals surface area contributed by atoms with Crippen LogP contribution in [0.4, 0.5) is 0 Å². The zero-order valence-corrected chi connectivity index (χ0v) is 16.9. The van der Waals surface area contributed by atoms with Gasteiger partial charge in [-0.1, -0.05) is 23.7 Å². The van der Waals surface area contributed by atoms with Crippen molar-refractivity contribution in [2.75, 3.05) is 6.54 Å². The van der Waals surface area contributed by atoms with Crippen molar-refractivity contribution in [3.8, 4) is 0 Å². The summed E-state index contributed by atoms with van der Waals surface area (Å²) in [5.74, 6) is 0. The van der Waals surface area contributed by atoms with Gasteiger partial charge in [0.25, 0.3) is 10.0 Å². The summed E-state index contributed by atoms with van der Waals surface area (Å²) in [7, 11) is -1.85. The molecular formula is C17H24Cl2N4O2S. The van der Waals surface area contributed by atoms with Crippen LogP contribution in [0.25, 0.3) is 0 Å². The Morgan fingerprint density at radius 3 is 2.62 bits per heavy atom. The molecule has 1 fully saturated rings. The Bertz CT molecular complexity index is 846. The summed E-state index contributed by atoms with van der Waals surface area (Å²) in [5.41, 5.74) is 7.08. The van der Waals surface area contributed by atoms with Gasteiger partial charge in [0.1, 0.15) is 0 Å². The van der Waals surface area contributed by atoms with Gasteiger partial charge >= 0.3 is 0 Å². The molecule has 1 aromatic heterocycles. The van der Waals surface area contributed by atoms with Crippen LogP contribution in [0.1, 0.15) is 31.2 Å². The van der Waals surface area contributed by atoms with E-state index in [0.29, 0.717) is 11.6 Å². The first-order chi connectivity index (χ1) is 11.8. The summed E-state index contributed by atoms with van der Waals surface area (Å²) in [6.07, 6.45) is 6.08. The number of sulfonamides is 1. The van der Waals surface area contributed by atoms with E-state index in [-0.39, 0.29) is 28.9 Å². The standard InChI is InChI=1S/C17H23ClN4O2S.ClH/c1-22-10-16(20-12-22)25(23,24)21-15-5-7-17(11-19,8-6-15)13-3-2-4-14(18)9-13;/h2-4,9-10,12,15,21H,5-8,11,19H2,1H3;1H/t15-,17+;. The maximum absolute atomic E-state index is 12.4. The van der Waals surface area contributed by atoms with Gasteiger partial charge in [0.05, 0.1) is 6.33 Å². The van der Waals surface area contributed by atoms with Gasteiger partial charge in [-0.15, -0.1) is 12.4 Å². The highest BCUT2D eigenvalue weighted by Crippen LogP contribution is 2.39. The van der Waals surface area contributed by atoms with E-state index in [1.807, 2.05) is 18.2 Å². The lowest BCUT2D eigenvalue weighted by molar-refractivity contribution is 0.267. The maximum atomic E-state index is 12.4. The summed E-state index contributed by atoms with van der Waals surface area (Å²) in [5, 5.41) is 0.754. The Morgan fingerprint density at radius 2 is 2.08 bits per heavy atom. The summed E-state index contributed by atoms with van der Waals surface area (Å²) in [6, 6.07) is 7.70. The van der Waals surface area contributed by atoms with Crippen LogP contribution in [0, 0.1) is 0 Å². The first-order valence-electron chi connectivity index (χ1n) is 8.31. The quantitative estimate of drug-likeness (QED) is 0.780. The fraction of sp³-hybridized carbons (Fsp3) is 0.471. The van der Waals surface area contributed by atoms with Crippen LogP contribution in [0.15, 0.2) is 41.8 Å². The molecule has 6 nitrogen and oxygen atoms in total. The molecule has 0 atom stereocenters. The molecule has 1 saturated carbocycles. The van der Waals surface area contributed by atoms with Crippen LogP contribution in [0.2, 0.25) is 5.02 Å². The number of hydrogen-bond acceptors (Lipinski definition) is 4. The monoisotopic (exact) mass is 418 g/mol. The molecule has 0 bridgehead atoms. The largest absolute Gasteiger partial charge is 0.339 e. The number of halogens is 2. The van der Waals surface area contributed by atoms with E-state index >= 15 is 0 Å². The number of hydrogen-bond donors (Lipinski definition) is 2. The predicted molar refractivity (Wildman–Crippen MR) is 105 cm³/mol. The number of rotatable bonds is 5. The number of nitrogens with zero attached hydrogens (tertiary/aromatic N) is 2. The van der Waals surface area contributed by atoms with Crippen molar-refractivity contribution in [3.63, 3.8) is 0 Å². The minimum absolute atomic E-state index is 0. The molecule has 1 aromatic carbocycles. The van der Waals surface area contributed by atoms with Crippen LogP contribution >= 0.6 is 24.0 Å². The molecule has 2 aromatic rings. The van der Waals surface area contributed by atoms with Crippen molar-refractivity contribution < 1.29 is 8.42 Å². The molecular weight excluding hydrogens is 395 g/mol. The topological polar surface area (TPSA) is 90.0 Å². The second-order valence-corrected chi connectivity index (χ2v) is 8.87. The van der Waals surface area contributed by atoms with E-state index in [2.05, 4.69) is 15.8 Å². The highest BCUT2D eigenvalue weighted by Gasteiger charge is 2.37. The van der Waals surface area contributed by atoms with Crippen LogP contribution in [-0.4, -0.2) is 30.6 Å². The van der Waals surface area contributed by atoms with E-state index in [1.165, 1.54) is 12.5 Å². The molecule has 26 heavy (non-hydrogen) atoms. The van der Waals surface area contributed by atoms with Gasteiger partial charge in [-0.05, 0) is 43.4 Å². The second-order valence-electron chi connectivity index (χ2n) is 6.77. The molecule has 3 N–H and O–H groups in total. The van der Waals surface area contributed by atoms with Gasteiger partial charge in [-0.2, -0.15) is 0 Å². The Balaban J connectivity index is 0.00000243. The number of nitrogens with two attached hydrogens (primary N) is 1. The fourth-order valence-corrected chi connectivity index (χ4v) is 5.00. The van der Waals surface area contributed by atoms with Crippen molar-refractivity contribution in [1.82, 2.24) is 14.3 Å². The highest BCUT2D eigenvalue weighted by atomic mass is 35.5. The zero-order chi connectivity index (χ0) is 18.1. The van der Waals surface area contributed by atoms with Crippen LogP contribution in [-0.2, 0) is 22.5 Å². The minimum atomic E-state index is -3.59. The van der Waals surface area contributed by atoms with Gasteiger partial charge in [0, 0.05) is 36.3 Å². The second kappa shape index (κ2) is 8.27. The molecule has 1 aliphatic rings. The van der Waals surface area contributed by atoms with Crippen molar-refractivity contribution >= 4 is 34.0 Å². The summed E-state index contributed by atoms with van der Waals surface area (Å²) in [6.45, 7) is 0.521. The molecule has 1 aliphatic carbocycles. The van der Waals surface area contributed by atoms with Crippen molar-refractivity contribution in [2.45, 2.75) is 42.2 Å². The van der Waals surface area contributed by atoms with E-state index in [1.54, 1.807) is 11.6 Å². The Hall–Kier alpha value is -1.12. The highest BCUT2D eigenvalue weighted by molar-refractivity contribution is 7.89. The van der Waals surface area contributed by atoms with Crippen LogP contribution in [0.3, 0.4) is 0 Å². The molecule has 3 rings (SSSR count). The fourth-order valence-electron chi connectivity index (χ4n) is 3.52. The van der Waals surface area contributed by atoms with Gasteiger partial charge in [0.2, 0.25) is 0 Å². The normalized spacial score (nSPS) is 23.4. The summed E-state index contributed by atoms with van der Waals surface area (Å²) < 4.78 is 29.3. The van der Waals surface area contributed by atoms with Crippen LogP contribution < -0.4 is 10.5 Å². The van der Waals surface area contributed by atoms with E-state index < -0.39 is 10.0 Å². The van der Waals surface area contributed by atoms with E-state index in [0.717, 1.165) is 31.2 Å². The first-order valence-corrected chi connectivity index (χ1v) is 10.2. The number of nitrogens with one attached hydrogen (secondary N) is 1. The van der Waals surface area contributed by atoms with Crippen molar-refractivity contribution in [3.05, 3.63) is 47.4 Å². The molecule has 1 heterocycles. The Kier molecular flexibility index (Phi) is 6.74. The average Bonchev–Trinajstić information content (AvgIpc) is 3.03. The average molecular weight is 419 g/mol. The molecule has 0 radical (unpaired) electrons. The van der Waals surface area contributed by atoms with Crippen molar-refractivity contribution in [1.29, 1.82) is 0 Å². The number of aryl methyl sites for hydroxylation is 1. The summed E-state index contributed by atoms with van der Waals surface area (Å²) >= 11 is 6.13. The lowest BCUT2D eigenvalue weighted by Gasteiger charge is -2.40. The number of imidazole rings is 1. The lowest BCUT2D eigenvalue weighted by atomic mass is 9.68. The van der Waals surface area contributed by atoms with Gasteiger partial charge in [0.15, 0.2) is 5.03 Å². The lowest BCUT2D eigenvalue weighted by Crippen LogP contribution is -2.45. The molecule has 0 unspecified atom stereocenters. The summed E-state index contributed by atoms with van der Waals surface area (Å²) in [4.78, 5) is 3.93. The SMILES string of the molecule is Cl.Cn1cnc(S(=O)(=O)N[C@H]2CC[C@@](CN)(c3cccc(Cl)c3)CC2)c1. The van der Waals surface area contributed by atoms with Gasteiger partial charge < -0.3 is 10.3 Å². The Morgan fingerprint density at radius 1 is 1.38 bits per heavy atom. The smallest absolute Gasteiger partial charge is 0.259 e. The molecule has 0 aliphatic heterocycles. The third kappa shape index (κ3) is 4.40. The molecule has 144 valence electrons. The number of benzene rings is 1. The number of aromatic nitrogens is 2. The third-order valence-electron chi connectivity index (χ3n) is 5.05. The zero-order valence-electron chi connectivity index (χ0n) is 14.6. The molecule has 0 saturated heterocycles. The predicted octanol–water partition coefficient (Wildman–Crippen LogP) is 2.61. The molecule has 0 spiro atoms. The first kappa shape index (κ1) is 21.2. The van der Waals surface area contributed by atoms with Crippen molar-refractivity contribution in [2.24, 2.45) is 12.8 Å². The third-order valence-corrected chi connectivity index (χ3v) is 6.69. The van der Waals surface area contributed by atoms with Crippen LogP contribution in [0.5, 0.6) is 0 Å². The Labute approximate surface area is 165 Å². The minimum Gasteiger partial charge on any atom is -0.339 e. The van der Waals surface area contributed by atoms with Gasteiger partial charge in [-0.25, -0.2) is 18.1 Å². The maximum Gasteiger partial charge on any atom is 0.259 e. The van der Waals surface area contributed by atoms with E-state index in [9.17, 15) is 8.42 Å². The van der Waals surface area contributed by atoms with E-state index in [4.69, 9.17) is 17.3 Å². The molecule has 9 heteroatoms. The van der Waals surface area contributed by atoms with Gasteiger partial charge in [-0.3, -0.25) is 0 Å². The molecule has 0 amide bonds.